The van der Waals surface area contributed by atoms with Crippen LogP contribution in [0.1, 0.15) is 77.6 Å². The van der Waals surface area contributed by atoms with Crippen molar-refractivity contribution in [2.45, 2.75) is 134 Å². The predicted octanol–water partition coefficient (Wildman–Crippen LogP) is 8.65. The standard InChI is InChI=1S/C21H48INSi2/c1-8-9-10-11-16-21(23-22,17-12-14-19-24(2,3)4)18-13-15-20-25(5,6)7/h23H,8-20H2,1-7H3. The van der Waals surface area contributed by atoms with Crippen molar-refractivity contribution in [1.82, 2.24) is 3.53 Å². The van der Waals surface area contributed by atoms with Gasteiger partial charge in [0.1, 0.15) is 0 Å². The quantitative estimate of drug-likeness (QED) is 0.0974. The molecule has 0 aromatic rings. The third kappa shape index (κ3) is 15.8. The van der Waals surface area contributed by atoms with Crippen molar-refractivity contribution < 1.29 is 0 Å². The van der Waals surface area contributed by atoms with E-state index in [9.17, 15) is 0 Å². The van der Waals surface area contributed by atoms with Gasteiger partial charge in [0.05, 0.1) is 0 Å². The van der Waals surface area contributed by atoms with Crippen LogP contribution in [0.15, 0.2) is 0 Å². The molecular formula is C21H48INSi2. The molecule has 1 N–H and O–H groups in total. The van der Waals surface area contributed by atoms with Crippen LogP contribution in [0.4, 0.5) is 0 Å². The van der Waals surface area contributed by atoms with Crippen LogP contribution < -0.4 is 3.53 Å². The maximum Gasteiger partial charge on any atom is 0.0442 e. The zero-order valence-corrected chi connectivity index (χ0v) is 22.7. The molecule has 0 saturated heterocycles. The normalized spacial score (nSPS) is 13.4. The van der Waals surface area contributed by atoms with Gasteiger partial charge in [0.2, 0.25) is 0 Å². The van der Waals surface area contributed by atoms with Crippen LogP contribution in [-0.2, 0) is 0 Å². The van der Waals surface area contributed by atoms with E-state index in [0.29, 0.717) is 5.54 Å². The van der Waals surface area contributed by atoms with E-state index in [0.717, 1.165) is 0 Å². The van der Waals surface area contributed by atoms with Gasteiger partial charge in [-0.2, -0.15) is 0 Å². The predicted molar refractivity (Wildman–Crippen MR) is 133 cm³/mol. The van der Waals surface area contributed by atoms with Crippen molar-refractivity contribution in [2.75, 3.05) is 0 Å². The Labute approximate surface area is 176 Å². The highest BCUT2D eigenvalue weighted by Gasteiger charge is 2.28. The lowest BCUT2D eigenvalue weighted by Gasteiger charge is -2.34. The number of hydrogen-bond donors (Lipinski definition) is 1. The van der Waals surface area contributed by atoms with Crippen molar-refractivity contribution in [2.24, 2.45) is 0 Å². The molecule has 0 rings (SSSR count). The molecule has 1 nitrogen and oxygen atoms in total. The molecule has 0 fully saturated rings. The Morgan fingerprint density at radius 3 is 1.36 bits per heavy atom. The smallest absolute Gasteiger partial charge is 0.0442 e. The van der Waals surface area contributed by atoms with Crippen molar-refractivity contribution >= 4 is 39.0 Å². The number of halogens is 1. The van der Waals surface area contributed by atoms with Crippen LogP contribution in [0.5, 0.6) is 0 Å². The fourth-order valence-electron chi connectivity index (χ4n) is 3.64. The zero-order valence-electron chi connectivity index (χ0n) is 18.6. The number of nitrogens with one attached hydrogen (secondary N) is 1. The second kappa shape index (κ2) is 13.3. The average Bonchev–Trinajstić information content (AvgIpc) is 2.49. The Kier molecular flexibility index (Phi) is 13.9. The third-order valence-corrected chi connectivity index (χ3v) is 10.2. The molecule has 0 aromatic heterocycles. The molecule has 0 spiro atoms. The molecule has 0 aliphatic carbocycles. The van der Waals surface area contributed by atoms with Crippen LogP contribution in [-0.4, -0.2) is 21.7 Å². The Balaban J connectivity index is 4.48. The van der Waals surface area contributed by atoms with Crippen LogP contribution >= 0.6 is 22.9 Å². The van der Waals surface area contributed by atoms with E-state index < -0.39 is 16.1 Å². The highest BCUT2D eigenvalue weighted by molar-refractivity contribution is 14.1. The van der Waals surface area contributed by atoms with E-state index in [2.05, 4.69) is 72.6 Å². The summed E-state index contributed by atoms with van der Waals surface area (Å²) in [4.78, 5) is 0. The van der Waals surface area contributed by atoms with E-state index in [-0.39, 0.29) is 0 Å². The zero-order chi connectivity index (χ0) is 19.4. The lowest BCUT2D eigenvalue weighted by molar-refractivity contribution is 0.295. The molecule has 0 saturated carbocycles. The number of hydrogen-bond acceptors (Lipinski definition) is 1. The highest BCUT2D eigenvalue weighted by Crippen LogP contribution is 2.31. The molecule has 0 aliphatic heterocycles. The topological polar surface area (TPSA) is 12.0 Å². The van der Waals surface area contributed by atoms with Gasteiger partial charge in [0.15, 0.2) is 0 Å². The van der Waals surface area contributed by atoms with Crippen molar-refractivity contribution in [3.8, 4) is 0 Å². The molecule has 0 aliphatic rings. The number of unbranched alkanes of at least 4 members (excludes halogenated alkanes) is 5. The maximum atomic E-state index is 3.78. The van der Waals surface area contributed by atoms with Crippen LogP contribution in [0.25, 0.3) is 0 Å². The maximum absolute atomic E-state index is 3.78. The molecule has 0 bridgehead atoms. The van der Waals surface area contributed by atoms with Crippen molar-refractivity contribution in [3.05, 3.63) is 0 Å². The van der Waals surface area contributed by atoms with E-state index in [1.165, 1.54) is 82.7 Å². The minimum absolute atomic E-state index is 0.410. The lowest BCUT2D eigenvalue weighted by atomic mass is 9.83. The summed E-state index contributed by atoms with van der Waals surface area (Å²) >= 11 is 2.47. The van der Waals surface area contributed by atoms with Crippen LogP contribution in [0.3, 0.4) is 0 Å². The molecule has 0 unspecified atom stereocenters. The first-order valence-electron chi connectivity index (χ1n) is 10.9. The average molecular weight is 498 g/mol. The monoisotopic (exact) mass is 497 g/mol. The molecule has 25 heavy (non-hydrogen) atoms. The van der Waals surface area contributed by atoms with Crippen molar-refractivity contribution in [1.29, 1.82) is 0 Å². The van der Waals surface area contributed by atoms with E-state index >= 15 is 0 Å². The summed E-state index contributed by atoms with van der Waals surface area (Å²) in [6.07, 6.45) is 15.5. The second-order valence-corrected chi connectivity index (χ2v) is 22.5. The first kappa shape index (κ1) is 26.1. The molecule has 0 radical (unpaired) electrons. The minimum atomic E-state index is -0.870. The van der Waals surface area contributed by atoms with Gasteiger partial charge < -0.3 is 0 Å². The van der Waals surface area contributed by atoms with Gasteiger partial charge in [0.25, 0.3) is 0 Å². The van der Waals surface area contributed by atoms with Gasteiger partial charge in [0, 0.05) is 44.6 Å². The summed E-state index contributed by atoms with van der Waals surface area (Å²) in [6, 6.07) is 2.99. The summed E-state index contributed by atoms with van der Waals surface area (Å²) in [5.74, 6) is 0. The molecule has 152 valence electrons. The summed E-state index contributed by atoms with van der Waals surface area (Å²) < 4.78 is 3.78. The molecule has 4 heteroatoms. The molecule has 0 amide bonds. The van der Waals surface area contributed by atoms with Gasteiger partial charge in [-0.15, -0.1) is 0 Å². The summed E-state index contributed by atoms with van der Waals surface area (Å²) in [7, 11) is -1.74. The van der Waals surface area contributed by atoms with Crippen LogP contribution in [0, 0.1) is 0 Å². The SMILES string of the molecule is CCCCCCC(CCCC[Si](C)(C)C)(CCCC[Si](C)(C)C)NI. The van der Waals surface area contributed by atoms with Crippen molar-refractivity contribution in [3.63, 3.8) is 0 Å². The molecule has 0 heterocycles. The fraction of sp³-hybridized carbons (Fsp3) is 1.00. The van der Waals surface area contributed by atoms with E-state index in [1.807, 2.05) is 0 Å². The molecule has 0 atom stereocenters. The van der Waals surface area contributed by atoms with Gasteiger partial charge in [-0.25, -0.2) is 0 Å². The molecular weight excluding hydrogens is 449 g/mol. The minimum Gasteiger partial charge on any atom is -0.255 e. The summed E-state index contributed by atoms with van der Waals surface area (Å²) in [5.41, 5.74) is 0.410. The van der Waals surface area contributed by atoms with E-state index in [4.69, 9.17) is 0 Å². The molecule has 0 aromatic carbocycles. The summed E-state index contributed by atoms with van der Waals surface area (Å²) in [6.45, 7) is 17.4. The van der Waals surface area contributed by atoms with Gasteiger partial charge in [-0.1, -0.05) is 110 Å². The second-order valence-electron chi connectivity index (χ2n) is 10.7. The summed E-state index contributed by atoms with van der Waals surface area (Å²) in [5, 5.41) is 0. The first-order chi connectivity index (χ1) is 11.5. The highest BCUT2D eigenvalue weighted by atomic mass is 127. The Morgan fingerprint density at radius 1 is 0.640 bits per heavy atom. The number of rotatable bonds is 16. The Morgan fingerprint density at radius 2 is 1.04 bits per heavy atom. The third-order valence-electron chi connectivity index (χ3n) is 5.37. The fourth-order valence-corrected chi connectivity index (χ4v) is 7.07. The van der Waals surface area contributed by atoms with Crippen LogP contribution in [0.2, 0.25) is 51.4 Å². The Bertz CT molecular complexity index is 299. The lowest BCUT2D eigenvalue weighted by Crippen LogP contribution is -2.39. The van der Waals surface area contributed by atoms with Gasteiger partial charge in [-0.05, 0) is 19.3 Å². The largest absolute Gasteiger partial charge is 0.255 e. The first-order valence-corrected chi connectivity index (χ1v) is 19.4. The van der Waals surface area contributed by atoms with E-state index in [1.54, 1.807) is 0 Å². The van der Waals surface area contributed by atoms with Gasteiger partial charge >= 0.3 is 0 Å². The Hall–Kier alpha value is 1.12. The van der Waals surface area contributed by atoms with Gasteiger partial charge in [-0.3, -0.25) is 3.53 Å².